The van der Waals surface area contributed by atoms with Crippen LogP contribution in [0.15, 0.2) is 50.2 Å². The van der Waals surface area contributed by atoms with Crippen LogP contribution in [0.2, 0.25) is 5.02 Å². The maximum absolute atomic E-state index is 13.3. The molecule has 0 saturated carbocycles. The number of rotatable bonds is 2. The van der Waals surface area contributed by atoms with Crippen molar-refractivity contribution in [2.45, 2.75) is 0 Å². The van der Waals surface area contributed by atoms with Crippen molar-refractivity contribution in [3.8, 4) is 0 Å². The summed E-state index contributed by atoms with van der Waals surface area (Å²) < 4.78 is 14.8. The molecule has 122 valence electrons. The number of hydrogen-bond donors (Lipinski definition) is 0. The number of benzene rings is 2. The Hall–Kier alpha value is -0.730. The fourth-order valence-corrected chi connectivity index (χ4v) is 4.18. The van der Waals surface area contributed by atoms with Crippen LogP contribution in [0, 0.1) is 5.82 Å². The molecule has 0 aromatic heterocycles. The molecule has 2 aromatic carbocycles. The lowest BCUT2D eigenvalue weighted by Crippen LogP contribution is -2.27. The molecule has 0 spiro atoms. The lowest BCUT2D eigenvalue weighted by Gasteiger charge is -2.15. The molecule has 0 N–H and O–H groups in total. The van der Waals surface area contributed by atoms with Crippen LogP contribution in [0.1, 0.15) is 5.56 Å². The van der Waals surface area contributed by atoms with Crippen LogP contribution < -0.4 is 4.90 Å². The molecule has 0 aliphatic carbocycles. The first-order valence-electron chi connectivity index (χ1n) is 6.55. The van der Waals surface area contributed by atoms with Gasteiger partial charge in [-0.2, -0.15) is 0 Å². The Kier molecular flexibility index (Phi) is 5.46. The molecule has 3 rings (SSSR count). The highest BCUT2D eigenvalue weighted by atomic mass is 79.9. The highest BCUT2D eigenvalue weighted by Gasteiger charge is 2.33. The van der Waals surface area contributed by atoms with E-state index in [4.69, 9.17) is 23.8 Å². The topological polar surface area (TPSA) is 20.3 Å². The summed E-state index contributed by atoms with van der Waals surface area (Å²) in [5, 5.41) is 0.494. The van der Waals surface area contributed by atoms with Gasteiger partial charge in [0.2, 0.25) is 0 Å². The van der Waals surface area contributed by atoms with E-state index in [2.05, 4.69) is 31.9 Å². The van der Waals surface area contributed by atoms with Gasteiger partial charge in [-0.25, -0.2) is 4.39 Å². The summed E-state index contributed by atoms with van der Waals surface area (Å²) in [7, 11) is 0. The molecule has 24 heavy (non-hydrogen) atoms. The largest absolute Gasteiger partial charge is 0.270 e. The first kappa shape index (κ1) is 18.1. The van der Waals surface area contributed by atoms with E-state index >= 15 is 0 Å². The van der Waals surface area contributed by atoms with Crippen LogP contribution in [-0.2, 0) is 4.79 Å². The first-order chi connectivity index (χ1) is 11.4. The van der Waals surface area contributed by atoms with Gasteiger partial charge in [0, 0.05) is 4.47 Å². The maximum Gasteiger partial charge on any atom is 0.270 e. The van der Waals surface area contributed by atoms with E-state index in [9.17, 15) is 9.18 Å². The third-order valence-corrected chi connectivity index (χ3v) is 6.34. The summed E-state index contributed by atoms with van der Waals surface area (Å²) in [5.74, 6) is -0.590. The number of amides is 1. The fourth-order valence-electron chi connectivity index (χ4n) is 2.07. The van der Waals surface area contributed by atoms with Crippen LogP contribution in [0.4, 0.5) is 10.1 Å². The molecule has 1 aliphatic heterocycles. The summed E-state index contributed by atoms with van der Waals surface area (Å²) in [4.78, 5) is 14.6. The fraction of sp³-hybridized carbons (Fsp3) is 0. The molecule has 1 heterocycles. The lowest BCUT2D eigenvalue weighted by molar-refractivity contribution is -0.113. The van der Waals surface area contributed by atoms with Crippen molar-refractivity contribution < 1.29 is 9.18 Å². The molecule has 0 bridgehead atoms. The Bertz CT molecular complexity index is 904. The Morgan fingerprint density at radius 3 is 2.58 bits per heavy atom. The summed E-state index contributed by atoms with van der Waals surface area (Å²) in [5.41, 5.74) is 1.31. The molecule has 1 amide bonds. The molecule has 0 unspecified atom stereocenters. The van der Waals surface area contributed by atoms with E-state index in [1.807, 2.05) is 0 Å². The van der Waals surface area contributed by atoms with Crippen LogP contribution in [0.5, 0.6) is 0 Å². The molecule has 0 radical (unpaired) electrons. The number of hydrogen-bond acceptors (Lipinski definition) is 3. The standard InChI is InChI=1S/C16H7Br2ClFNOS2/c17-10-3-2-9(7-12(10)19)21-15(22)14(24-16(21)23)6-8-1-4-13(20)11(18)5-8/h1-7H/b14-6+. The van der Waals surface area contributed by atoms with Crippen LogP contribution in [-0.4, -0.2) is 10.2 Å². The Balaban J connectivity index is 1.94. The lowest BCUT2D eigenvalue weighted by atomic mass is 10.2. The zero-order valence-corrected chi connectivity index (χ0v) is 17.3. The van der Waals surface area contributed by atoms with Gasteiger partial charge >= 0.3 is 0 Å². The highest BCUT2D eigenvalue weighted by molar-refractivity contribution is 9.10. The Morgan fingerprint density at radius 1 is 1.17 bits per heavy atom. The molecule has 8 heteroatoms. The van der Waals surface area contributed by atoms with Gasteiger partial charge < -0.3 is 0 Å². The third-order valence-electron chi connectivity index (χ3n) is 3.20. The van der Waals surface area contributed by atoms with Crippen molar-refractivity contribution in [3.05, 3.63) is 66.7 Å². The number of thioether (sulfide) groups is 1. The summed E-state index contributed by atoms with van der Waals surface area (Å²) >= 11 is 19.1. The molecule has 1 saturated heterocycles. The van der Waals surface area contributed by atoms with Crippen molar-refractivity contribution in [2.75, 3.05) is 4.90 Å². The van der Waals surface area contributed by atoms with Gasteiger partial charge in [-0.3, -0.25) is 9.69 Å². The number of carbonyl (C=O) groups is 1. The van der Waals surface area contributed by atoms with Crippen LogP contribution in [0.25, 0.3) is 6.08 Å². The average molecular weight is 508 g/mol. The number of nitrogens with zero attached hydrogens (tertiary/aromatic N) is 1. The molecule has 1 fully saturated rings. The summed E-state index contributed by atoms with van der Waals surface area (Å²) in [6.45, 7) is 0. The normalized spacial score (nSPS) is 16.3. The van der Waals surface area contributed by atoms with E-state index in [0.717, 1.165) is 4.47 Å². The van der Waals surface area contributed by atoms with Crippen LogP contribution in [0.3, 0.4) is 0 Å². The quantitative estimate of drug-likeness (QED) is 0.346. The highest BCUT2D eigenvalue weighted by Crippen LogP contribution is 2.38. The van der Waals surface area contributed by atoms with Gasteiger partial charge in [0.15, 0.2) is 4.32 Å². The van der Waals surface area contributed by atoms with Crippen molar-refractivity contribution >= 4 is 89.4 Å². The summed E-state index contributed by atoms with van der Waals surface area (Å²) in [6, 6.07) is 9.75. The van der Waals surface area contributed by atoms with Gasteiger partial charge in [-0.15, -0.1) is 0 Å². The smallest absolute Gasteiger partial charge is 0.268 e. The molecule has 2 aromatic rings. The molecule has 0 atom stereocenters. The second kappa shape index (κ2) is 7.25. The monoisotopic (exact) mass is 505 g/mol. The Morgan fingerprint density at radius 2 is 1.92 bits per heavy atom. The van der Waals surface area contributed by atoms with E-state index in [1.165, 1.54) is 22.7 Å². The van der Waals surface area contributed by atoms with Crippen LogP contribution >= 0.6 is 67.4 Å². The van der Waals surface area contributed by atoms with Gasteiger partial charge in [-0.05, 0) is 73.8 Å². The maximum atomic E-state index is 13.3. The molecule has 2 nitrogen and oxygen atoms in total. The van der Waals surface area contributed by atoms with E-state index in [-0.39, 0.29) is 11.7 Å². The number of carbonyl (C=O) groups excluding carboxylic acids is 1. The van der Waals surface area contributed by atoms with Gasteiger partial charge in [-0.1, -0.05) is 41.6 Å². The van der Waals surface area contributed by atoms with Gasteiger partial charge in [0.1, 0.15) is 5.82 Å². The molecular weight excluding hydrogens is 501 g/mol. The van der Waals surface area contributed by atoms with Crippen molar-refractivity contribution in [2.24, 2.45) is 0 Å². The van der Waals surface area contributed by atoms with E-state index in [0.29, 0.717) is 30.0 Å². The second-order valence-corrected chi connectivity index (χ2v) is 8.58. The Labute approximate surface area is 169 Å². The van der Waals surface area contributed by atoms with Gasteiger partial charge in [0.05, 0.1) is 20.1 Å². The van der Waals surface area contributed by atoms with E-state index < -0.39 is 0 Å². The predicted molar refractivity (Wildman–Crippen MR) is 109 cm³/mol. The zero-order chi connectivity index (χ0) is 17.4. The van der Waals surface area contributed by atoms with Crippen molar-refractivity contribution in [1.82, 2.24) is 0 Å². The first-order valence-corrected chi connectivity index (χ1v) is 9.74. The number of anilines is 1. The van der Waals surface area contributed by atoms with Crippen molar-refractivity contribution in [3.63, 3.8) is 0 Å². The van der Waals surface area contributed by atoms with Crippen molar-refractivity contribution in [1.29, 1.82) is 0 Å². The SMILES string of the molecule is O=C1/C(=C\c2ccc(F)c(Br)c2)SC(=S)N1c1ccc(Br)c(Cl)c1. The van der Waals surface area contributed by atoms with E-state index in [1.54, 1.807) is 36.4 Å². The summed E-state index contributed by atoms with van der Waals surface area (Å²) in [6.07, 6.45) is 1.68. The minimum atomic E-state index is -0.357. The predicted octanol–water partition coefficient (Wildman–Crippen LogP) is 6.41. The minimum Gasteiger partial charge on any atom is -0.268 e. The second-order valence-electron chi connectivity index (χ2n) is 4.79. The molecule has 1 aliphatic rings. The number of thiocarbonyl (C=S) groups is 1. The average Bonchev–Trinajstić information content (AvgIpc) is 2.80. The minimum absolute atomic E-state index is 0.233. The number of halogens is 4. The van der Waals surface area contributed by atoms with Gasteiger partial charge in [0.25, 0.3) is 5.91 Å². The zero-order valence-electron chi connectivity index (χ0n) is 11.7. The third kappa shape index (κ3) is 3.60. The molecular formula is C16H7Br2ClFNOS2.